The predicted molar refractivity (Wildman–Crippen MR) is 106 cm³/mol. The Morgan fingerprint density at radius 1 is 1.14 bits per heavy atom. The molecule has 152 valence electrons. The number of nitrogens with zero attached hydrogens (tertiary/aromatic N) is 4. The lowest BCUT2D eigenvalue weighted by Crippen LogP contribution is -2.48. The van der Waals surface area contributed by atoms with E-state index in [-0.39, 0.29) is 17.5 Å². The average molecular weight is 388 g/mol. The van der Waals surface area contributed by atoms with Gasteiger partial charge in [0, 0.05) is 57.8 Å². The van der Waals surface area contributed by atoms with Crippen LogP contribution in [0, 0.1) is 16.0 Å². The quantitative estimate of drug-likeness (QED) is 0.584. The monoisotopic (exact) mass is 388 g/mol. The van der Waals surface area contributed by atoms with E-state index in [4.69, 9.17) is 0 Å². The summed E-state index contributed by atoms with van der Waals surface area (Å²) in [5.74, 6) is 0.390. The van der Waals surface area contributed by atoms with Gasteiger partial charge in [0.05, 0.1) is 4.92 Å². The first-order valence-electron chi connectivity index (χ1n) is 9.99. The smallest absolute Gasteiger partial charge is 0.293 e. The summed E-state index contributed by atoms with van der Waals surface area (Å²) in [6.07, 6.45) is 3.14. The summed E-state index contributed by atoms with van der Waals surface area (Å²) in [5.41, 5.74) is 0.829. The molecule has 2 aliphatic heterocycles. The molecule has 28 heavy (non-hydrogen) atoms. The lowest BCUT2D eigenvalue weighted by atomic mass is 9.95. The molecule has 0 spiro atoms. The van der Waals surface area contributed by atoms with Gasteiger partial charge >= 0.3 is 0 Å². The second-order valence-corrected chi connectivity index (χ2v) is 7.62. The van der Waals surface area contributed by atoms with Gasteiger partial charge < -0.3 is 14.7 Å². The molecule has 2 fully saturated rings. The summed E-state index contributed by atoms with van der Waals surface area (Å²) in [7, 11) is 0. The van der Waals surface area contributed by atoms with Crippen LogP contribution in [0.1, 0.15) is 43.5 Å². The highest BCUT2D eigenvalue weighted by Gasteiger charge is 2.28. The molecule has 0 N–H and O–H groups in total. The molecule has 2 aliphatic rings. The minimum absolute atomic E-state index is 0.0157. The van der Waals surface area contributed by atoms with Gasteiger partial charge in [-0.15, -0.1) is 0 Å². The molecule has 1 atom stereocenters. The highest BCUT2D eigenvalue weighted by Crippen LogP contribution is 2.31. The largest absolute Gasteiger partial charge is 0.362 e. The molecule has 0 radical (unpaired) electrons. The summed E-state index contributed by atoms with van der Waals surface area (Å²) in [6.45, 7) is 7.25. The van der Waals surface area contributed by atoms with Crippen LogP contribution in [0.15, 0.2) is 18.2 Å². The van der Waals surface area contributed by atoms with Crippen LogP contribution >= 0.6 is 0 Å². The Bertz CT molecular complexity index is 759. The third kappa shape index (κ3) is 4.26. The fourth-order valence-electron chi connectivity index (χ4n) is 4.10. The van der Waals surface area contributed by atoms with E-state index in [1.54, 1.807) is 17.0 Å². The standard InChI is InChI=1S/C20H28N4O4/c1-3-16-5-4-8-23(14-16)20(26)17-6-7-18(19(13-17)24(27)28)22-11-9-21(10-12-22)15(2)25/h6-7,13,16H,3-5,8-12,14H2,1-2H3. The van der Waals surface area contributed by atoms with Gasteiger partial charge in [-0.3, -0.25) is 19.7 Å². The number of piperidine rings is 1. The maximum atomic E-state index is 12.9. The minimum Gasteiger partial charge on any atom is -0.362 e. The minimum atomic E-state index is -0.422. The van der Waals surface area contributed by atoms with E-state index in [0.29, 0.717) is 49.9 Å². The number of rotatable bonds is 4. The maximum absolute atomic E-state index is 12.9. The number of hydrogen-bond acceptors (Lipinski definition) is 5. The van der Waals surface area contributed by atoms with E-state index in [1.165, 1.54) is 13.0 Å². The van der Waals surface area contributed by atoms with Crippen molar-refractivity contribution in [1.82, 2.24) is 9.80 Å². The van der Waals surface area contributed by atoms with Crippen LogP contribution in [-0.4, -0.2) is 65.8 Å². The molecule has 2 saturated heterocycles. The van der Waals surface area contributed by atoms with Crippen molar-refractivity contribution in [2.45, 2.75) is 33.1 Å². The van der Waals surface area contributed by atoms with Crippen LogP contribution in [0.25, 0.3) is 0 Å². The molecular weight excluding hydrogens is 360 g/mol. The van der Waals surface area contributed by atoms with Crippen molar-refractivity contribution in [2.24, 2.45) is 5.92 Å². The number of hydrogen-bond donors (Lipinski definition) is 0. The average Bonchev–Trinajstić information content (AvgIpc) is 2.72. The summed E-state index contributed by atoms with van der Waals surface area (Å²) in [4.78, 5) is 41.1. The first-order valence-corrected chi connectivity index (χ1v) is 9.99. The number of anilines is 1. The molecule has 2 heterocycles. The zero-order chi connectivity index (χ0) is 20.3. The van der Waals surface area contributed by atoms with Crippen molar-refractivity contribution in [3.8, 4) is 0 Å². The molecule has 3 rings (SSSR count). The SMILES string of the molecule is CCC1CCCN(C(=O)c2ccc(N3CCN(C(C)=O)CC3)c([N+](=O)[O-])c2)C1. The van der Waals surface area contributed by atoms with Crippen LogP contribution in [0.5, 0.6) is 0 Å². The second-order valence-electron chi connectivity index (χ2n) is 7.62. The lowest BCUT2D eigenvalue weighted by Gasteiger charge is -2.35. The van der Waals surface area contributed by atoms with Crippen molar-refractivity contribution in [1.29, 1.82) is 0 Å². The van der Waals surface area contributed by atoms with Crippen molar-refractivity contribution < 1.29 is 14.5 Å². The van der Waals surface area contributed by atoms with Crippen LogP contribution in [-0.2, 0) is 4.79 Å². The Labute approximate surface area is 165 Å². The normalized spacial score (nSPS) is 20.2. The Morgan fingerprint density at radius 2 is 1.86 bits per heavy atom. The zero-order valence-electron chi connectivity index (χ0n) is 16.6. The predicted octanol–water partition coefficient (Wildman–Crippen LogP) is 2.53. The van der Waals surface area contributed by atoms with Gasteiger partial charge in [-0.25, -0.2) is 0 Å². The highest BCUT2D eigenvalue weighted by atomic mass is 16.6. The first kappa shape index (κ1) is 20.1. The van der Waals surface area contributed by atoms with E-state index < -0.39 is 4.92 Å². The van der Waals surface area contributed by atoms with Crippen molar-refractivity contribution >= 4 is 23.2 Å². The summed E-state index contributed by atoms with van der Waals surface area (Å²) in [6, 6.07) is 4.78. The van der Waals surface area contributed by atoms with Crippen LogP contribution in [0.3, 0.4) is 0 Å². The molecule has 1 aromatic carbocycles. The Balaban J connectivity index is 1.79. The third-order valence-corrected chi connectivity index (χ3v) is 5.87. The fourth-order valence-corrected chi connectivity index (χ4v) is 4.10. The number of carbonyl (C=O) groups is 2. The number of nitro benzene ring substituents is 1. The molecule has 0 saturated carbocycles. The number of likely N-dealkylation sites (tertiary alicyclic amines) is 1. The molecule has 8 heteroatoms. The van der Waals surface area contributed by atoms with Crippen molar-refractivity contribution in [3.05, 3.63) is 33.9 Å². The molecule has 0 bridgehead atoms. The van der Waals surface area contributed by atoms with E-state index in [9.17, 15) is 19.7 Å². The van der Waals surface area contributed by atoms with Gasteiger partial charge in [0.25, 0.3) is 11.6 Å². The van der Waals surface area contributed by atoms with Gasteiger partial charge in [0.2, 0.25) is 5.91 Å². The van der Waals surface area contributed by atoms with E-state index in [2.05, 4.69) is 6.92 Å². The van der Waals surface area contributed by atoms with Gasteiger partial charge in [-0.1, -0.05) is 13.3 Å². The van der Waals surface area contributed by atoms with Crippen LogP contribution in [0.4, 0.5) is 11.4 Å². The molecular formula is C20H28N4O4. The Kier molecular flexibility index (Phi) is 6.16. The summed E-state index contributed by atoms with van der Waals surface area (Å²) in [5, 5.41) is 11.7. The van der Waals surface area contributed by atoms with Gasteiger partial charge in [0.15, 0.2) is 0 Å². The molecule has 0 aromatic heterocycles. The molecule has 1 aromatic rings. The van der Waals surface area contributed by atoms with E-state index in [0.717, 1.165) is 25.8 Å². The van der Waals surface area contributed by atoms with Crippen LogP contribution < -0.4 is 4.90 Å². The summed E-state index contributed by atoms with van der Waals surface area (Å²) < 4.78 is 0. The van der Waals surface area contributed by atoms with Crippen LogP contribution in [0.2, 0.25) is 0 Å². The van der Waals surface area contributed by atoms with Crippen molar-refractivity contribution in [3.63, 3.8) is 0 Å². The summed E-state index contributed by atoms with van der Waals surface area (Å²) >= 11 is 0. The highest BCUT2D eigenvalue weighted by molar-refractivity contribution is 5.96. The third-order valence-electron chi connectivity index (χ3n) is 5.87. The van der Waals surface area contributed by atoms with Gasteiger partial charge in [0.1, 0.15) is 5.69 Å². The first-order chi connectivity index (χ1) is 13.4. The Hall–Kier alpha value is -2.64. The zero-order valence-corrected chi connectivity index (χ0v) is 16.6. The van der Waals surface area contributed by atoms with Gasteiger partial charge in [-0.05, 0) is 30.9 Å². The second kappa shape index (κ2) is 8.58. The van der Waals surface area contributed by atoms with E-state index >= 15 is 0 Å². The fraction of sp³-hybridized carbons (Fsp3) is 0.600. The molecule has 8 nitrogen and oxygen atoms in total. The molecule has 2 amide bonds. The number of amides is 2. The molecule has 0 aliphatic carbocycles. The number of carbonyl (C=O) groups excluding carboxylic acids is 2. The number of piperazine rings is 1. The van der Waals surface area contributed by atoms with Gasteiger partial charge in [-0.2, -0.15) is 0 Å². The van der Waals surface area contributed by atoms with E-state index in [1.807, 2.05) is 9.80 Å². The molecule has 1 unspecified atom stereocenters. The maximum Gasteiger partial charge on any atom is 0.293 e. The lowest BCUT2D eigenvalue weighted by molar-refractivity contribution is -0.384. The Morgan fingerprint density at radius 3 is 2.46 bits per heavy atom. The number of nitro groups is 1. The number of benzene rings is 1. The van der Waals surface area contributed by atoms with Crippen molar-refractivity contribution in [2.75, 3.05) is 44.2 Å². The topological polar surface area (TPSA) is 87.0 Å².